The summed E-state index contributed by atoms with van der Waals surface area (Å²) in [6.07, 6.45) is 2.48. The lowest BCUT2D eigenvalue weighted by molar-refractivity contribution is 0.270. The average Bonchev–Trinajstić information content (AvgIpc) is 2.37. The summed E-state index contributed by atoms with van der Waals surface area (Å²) < 4.78 is 0. The molecule has 1 aromatic rings. The quantitative estimate of drug-likeness (QED) is 0.475. The van der Waals surface area contributed by atoms with Crippen molar-refractivity contribution in [1.29, 1.82) is 0 Å². The number of guanidine groups is 1. The Morgan fingerprint density at radius 3 is 2.89 bits per heavy atom. The molecular formula is C14H21ClIN3. The monoisotopic (exact) mass is 393 g/mol. The van der Waals surface area contributed by atoms with Crippen LogP contribution in [0.25, 0.3) is 0 Å². The molecule has 1 aliphatic heterocycles. The molecule has 0 spiro atoms. The Morgan fingerprint density at radius 2 is 2.21 bits per heavy atom. The van der Waals surface area contributed by atoms with Gasteiger partial charge in [-0.3, -0.25) is 0 Å². The van der Waals surface area contributed by atoms with Gasteiger partial charge >= 0.3 is 0 Å². The molecule has 0 amide bonds. The second kappa shape index (κ2) is 7.94. The second-order valence-electron chi connectivity index (χ2n) is 4.96. The lowest BCUT2D eigenvalue weighted by Crippen LogP contribution is -2.43. The zero-order valence-corrected chi connectivity index (χ0v) is 14.3. The lowest BCUT2D eigenvalue weighted by Gasteiger charge is -2.31. The number of piperidine rings is 1. The van der Waals surface area contributed by atoms with E-state index in [9.17, 15) is 0 Å². The van der Waals surface area contributed by atoms with Gasteiger partial charge in [0.15, 0.2) is 5.96 Å². The number of nitrogens with two attached hydrogens (primary N) is 1. The maximum absolute atomic E-state index is 6.09. The zero-order chi connectivity index (χ0) is 13.0. The van der Waals surface area contributed by atoms with E-state index in [4.69, 9.17) is 17.3 Å². The highest BCUT2D eigenvalue weighted by molar-refractivity contribution is 14.0. The molecule has 0 aromatic heterocycles. The maximum Gasteiger partial charge on any atom is 0.191 e. The molecule has 1 fully saturated rings. The van der Waals surface area contributed by atoms with Crippen LogP contribution >= 0.6 is 35.6 Å². The summed E-state index contributed by atoms with van der Waals surface area (Å²) in [6, 6.07) is 7.75. The van der Waals surface area contributed by atoms with Gasteiger partial charge < -0.3 is 10.6 Å². The summed E-state index contributed by atoms with van der Waals surface area (Å²) in [4.78, 5) is 6.62. The van der Waals surface area contributed by atoms with E-state index in [0.717, 1.165) is 23.7 Å². The number of rotatable bonds is 2. The van der Waals surface area contributed by atoms with Crippen molar-refractivity contribution in [2.24, 2.45) is 16.6 Å². The molecule has 0 saturated carbocycles. The number of nitrogens with zero attached hydrogens (tertiary/aromatic N) is 2. The third kappa shape index (κ3) is 4.84. The molecule has 0 radical (unpaired) electrons. The summed E-state index contributed by atoms with van der Waals surface area (Å²) in [5.41, 5.74) is 7.06. The van der Waals surface area contributed by atoms with Crippen molar-refractivity contribution < 1.29 is 0 Å². The molecule has 1 aliphatic rings. The van der Waals surface area contributed by atoms with Crippen LogP contribution in [0.4, 0.5) is 0 Å². The maximum atomic E-state index is 6.09. The van der Waals surface area contributed by atoms with E-state index < -0.39 is 0 Å². The Morgan fingerprint density at radius 1 is 1.47 bits per heavy atom. The highest BCUT2D eigenvalue weighted by Crippen LogP contribution is 2.17. The normalized spacial score (nSPS) is 20.0. The molecule has 19 heavy (non-hydrogen) atoms. The Bertz CT molecular complexity index is 436. The van der Waals surface area contributed by atoms with E-state index in [1.807, 2.05) is 24.3 Å². The number of halogens is 2. The van der Waals surface area contributed by atoms with Gasteiger partial charge in [-0.05, 0) is 30.4 Å². The Labute approximate surface area is 137 Å². The number of hydrogen-bond acceptors (Lipinski definition) is 1. The molecule has 2 rings (SSSR count). The minimum absolute atomic E-state index is 0. The van der Waals surface area contributed by atoms with E-state index >= 15 is 0 Å². The molecule has 1 heterocycles. The van der Waals surface area contributed by atoms with E-state index in [2.05, 4.69) is 16.8 Å². The van der Waals surface area contributed by atoms with Gasteiger partial charge in [0.25, 0.3) is 0 Å². The van der Waals surface area contributed by atoms with Crippen LogP contribution in [-0.4, -0.2) is 23.9 Å². The van der Waals surface area contributed by atoms with Gasteiger partial charge in [-0.1, -0.05) is 36.7 Å². The van der Waals surface area contributed by atoms with Gasteiger partial charge in [0.05, 0.1) is 6.54 Å². The van der Waals surface area contributed by atoms with E-state index in [-0.39, 0.29) is 24.0 Å². The number of benzene rings is 1. The van der Waals surface area contributed by atoms with Gasteiger partial charge in [0, 0.05) is 18.1 Å². The van der Waals surface area contributed by atoms with Crippen LogP contribution in [0.15, 0.2) is 29.3 Å². The van der Waals surface area contributed by atoms with Crippen molar-refractivity contribution in [2.75, 3.05) is 13.1 Å². The van der Waals surface area contributed by atoms with Crippen LogP contribution in [0.2, 0.25) is 5.02 Å². The van der Waals surface area contributed by atoms with E-state index in [0.29, 0.717) is 18.4 Å². The molecule has 5 heteroatoms. The van der Waals surface area contributed by atoms with Crippen molar-refractivity contribution in [3.8, 4) is 0 Å². The first kappa shape index (κ1) is 16.6. The Kier molecular flexibility index (Phi) is 6.93. The fraction of sp³-hybridized carbons (Fsp3) is 0.500. The van der Waals surface area contributed by atoms with Crippen molar-refractivity contribution in [3.05, 3.63) is 34.9 Å². The average molecular weight is 394 g/mol. The second-order valence-corrected chi connectivity index (χ2v) is 5.37. The summed E-state index contributed by atoms with van der Waals surface area (Å²) in [5, 5.41) is 0.751. The zero-order valence-electron chi connectivity index (χ0n) is 11.2. The molecule has 0 bridgehead atoms. The third-order valence-electron chi connectivity index (χ3n) is 3.35. The molecule has 1 unspecified atom stereocenters. The van der Waals surface area contributed by atoms with E-state index in [1.54, 1.807) is 0 Å². The topological polar surface area (TPSA) is 41.6 Å². The number of likely N-dealkylation sites (tertiary alicyclic amines) is 1. The van der Waals surface area contributed by atoms with Gasteiger partial charge in [-0.25, -0.2) is 4.99 Å². The summed E-state index contributed by atoms with van der Waals surface area (Å²) >= 11 is 6.09. The van der Waals surface area contributed by atoms with Crippen molar-refractivity contribution in [2.45, 2.75) is 26.3 Å². The lowest BCUT2D eigenvalue weighted by atomic mass is 10.0. The summed E-state index contributed by atoms with van der Waals surface area (Å²) in [5.74, 6) is 1.34. The smallest absolute Gasteiger partial charge is 0.191 e. The first-order valence-corrected chi connectivity index (χ1v) is 6.83. The van der Waals surface area contributed by atoms with Gasteiger partial charge in [-0.15, -0.1) is 24.0 Å². The molecule has 106 valence electrons. The molecule has 2 N–H and O–H groups in total. The third-order valence-corrected chi connectivity index (χ3v) is 3.72. The van der Waals surface area contributed by atoms with Crippen LogP contribution in [0.1, 0.15) is 25.3 Å². The van der Waals surface area contributed by atoms with Crippen molar-refractivity contribution >= 4 is 41.5 Å². The number of hydrogen-bond donors (Lipinski definition) is 1. The molecule has 1 saturated heterocycles. The highest BCUT2D eigenvalue weighted by Gasteiger charge is 2.17. The van der Waals surface area contributed by atoms with Crippen LogP contribution in [-0.2, 0) is 6.54 Å². The van der Waals surface area contributed by atoms with Gasteiger partial charge in [0.2, 0.25) is 0 Å². The Hall–Kier alpha value is -0.490. The first-order valence-electron chi connectivity index (χ1n) is 6.45. The number of aliphatic imine (C=N–C) groups is 1. The molecule has 1 atom stereocenters. The minimum atomic E-state index is 0. The molecule has 3 nitrogen and oxygen atoms in total. The highest BCUT2D eigenvalue weighted by atomic mass is 127. The standard InChI is InChI=1S/C14H20ClN3.HI/c1-11-5-4-8-18(10-11)14(16)17-9-12-6-2-3-7-13(12)15;/h2-3,6-7,11H,4-5,8-10H2,1H3,(H2,16,17);1H. The van der Waals surface area contributed by atoms with Gasteiger partial charge in [0.1, 0.15) is 0 Å². The van der Waals surface area contributed by atoms with Crippen molar-refractivity contribution in [3.63, 3.8) is 0 Å². The van der Waals surface area contributed by atoms with Crippen LogP contribution in [0.3, 0.4) is 0 Å². The van der Waals surface area contributed by atoms with E-state index in [1.165, 1.54) is 12.8 Å². The predicted molar refractivity (Wildman–Crippen MR) is 92.2 cm³/mol. The minimum Gasteiger partial charge on any atom is -0.370 e. The van der Waals surface area contributed by atoms with Gasteiger partial charge in [-0.2, -0.15) is 0 Å². The van der Waals surface area contributed by atoms with Crippen LogP contribution in [0, 0.1) is 5.92 Å². The molecule has 1 aromatic carbocycles. The summed E-state index contributed by atoms with van der Waals surface area (Å²) in [7, 11) is 0. The summed E-state index contributed by atoms with van der Waals surface area (Å²) in [6.45, 7) is 4.84. The molecule has 0 aliphatic carbocycles. The first-order chi connectivity index (χ1) is 8.66. The van der Waals surface area contributed by atoms with Crippen LogP contribution in [0.5, 0.6) is 0 Å². The SMILES string of the molecule is CC1CCCN(C(N)=NCc2ccccc2Cl)C1.I. The largest absolute Gasteiger partial charge is 0.370 e. The van der Waals surface area contributed by atoms with Crippen LogP contribution < -0.4 is 5.73 Å². The fourth-order valence-electron chi connectivity index (χ4n) is 2.29. The fourth-order valence-corrected chi connectivity index (χ4v) is 2.49. The molecular weight excluding hydrogens is 373 g/mol. The van der Waals surface area contributed by atoms with Crippen molar-refractivity contribution in [1.82, 2.24) is 4.90 Å². The Balaban J connectivity index is 0.00000180. The predicted octanol–water partition coefficient (Wildman–Crippen LogP) is 3.50.